The van der Waals surface area contributed by atoms with E-state index in [2.05, 4.69) is 199 Å². The first-order valence-corrected chi connectivity index (χ1v) is 19.3. The zero-order valence-corrected chi connectivity index (χ0v) is 31.0. The molecule has 0 atom stereocenters. The van der Waals surface area contributed by atoms with Crippen LogP contribution in [-0.2, 0) is 0 Å². The van der Waals surface area contributed by atoms with Crippen molar-refractivity contribution >= 4 is 83.8 Å². The predicted molar refractivity (Wildman–Crippen MR) is 234 cm³/mol. The van der Waals surface area contributed by atoms with Crippen molar-refractivity contribution in [1.82, 2.24) is 9.13 Å². The van der Waals surface area contributed by atoms with E-state index in [9.17, 15) is 0 Å². The lowest BCUT2D eigenvalue weighted by Gasteiger charge is -2.40. The van der Waals surface area contributed by atoms with Gasteiger partial charge in [-0.15, -0.1) is 0 Å². The normalized spacial score (nSPS) is 12.9. The van der Waals surface area contributed by atoms with Crippen LogP contribution in [0.1, 0.15) is 16.7 Å². The minimum atomic E-state index is 0.131. The van der Waals surface area contributed by atoms with Crippen molar-refractivity contribution in [2.45, 2.75) is 20.8 Å². The van der Waals surface area contributed by atoms with E-state index in [-0.39, 0.29) is 6.71 Å². The molecule has 4 heteroatoms. The van der Waals surface area contributed by atoms with Gasteiger partial charge in [0.25, 0.3) is 6.71 Å². The van der Waals surface area contributed by atoms with Crippen molar-refractivity contribution in [3.63, 3.8) is 0 Å². The van der Waals surface area contributed by atoms with Gasteiger partial charge in [-0.05, 0) is 120 Å². The fourth-order valence-electron chi connectivity index (χ4n) is 10.4. The Bertz CT molecular complexity index is 3220. The van der Waals surface area contributed by atoms with Gasteiger partial charge in [0.1, 0.15) is 0 Å². The third-order valence-corrected chi connectivity index (χ3v) is 12.3. The highest BCUT2D eigenvalue weighted by Gasteiger charge is 2.41. The Labute approximate surface area is 320 Å². The highest BCUT2D eigenvalue weighted by molar-refractivity contribution is 7.00. The van der Waals surface area contributed by atoms with Crippen LogP contribution in [-0.4, -0.2) is 15.8 Å². The maximum atomic E-state index is 2.57. The summed E-state index contributed by atoms with van der Waals surface area (Å²) in [6.07, 6.45) is 0. The second kappa shape index (κ2) is 11.1. The van der Waals surface area contributed by atoms with E-state index in [4.69, 9.17) is 0 Å². The molecule has 55 heavy (non-hydrogen) atoms. The molecule has 3 nitrogen and oxygen atoms in total. The van der Waals surface area contributed by atoms with Gasteiger partial charge in [-0.1, -0.05) is 109 Å². The van der Waals surface area contributed by atoms with Gasteiger partial charge in [-0.25, -0.2) is 0 Å². The van der Waals surface area contributed by atoms with E-state index in [1.54, 1.807) is 0 Å². The molecule has 0 radical (unpaired) electrons. The van der Waals surface area contributed by atoms with Gasteiger partial charge in [-0.2, -0.15) is 0 Å². The highest BCUT2D eigenvalue weighted by atomic mass is 15.2. The molecular formula is C51H36BN3. The average molecular weight is 702 g/mol. The molecule has 2 aliphatic heterocycles. The molecule has 4 heterocycles. The summed E-state index contributed by atoms with van der Waals surface area (Å²) < 4.78 is 5.04. The number of aryl methyl sites for hydroxylation is 3. The molecule has 0 fully saturated rings. The number of benzene rings is 8. The SMILES string of the molecule is Cc1cc(C)c(-c2ccc(-n3c4ccccc4c4cc5c6cccc7c6n(c5cc43)-c3cccc4c3B7c3ccccc3N4c3ccccc3)cc2)c(C)c1. The number of rotatable bonds is 3. The molecule has 258 valence electrons. The Morgan fingerprint density at radius 3 is 1.89 bits per heavy atom. The van der Waals surface area contributed by atoms with Gasteiger partial charge in [0.05, 0.1) is 16.6 Å². The van der Waals surface area contributed by atoms with Crippen LogP contribution in [0.25, 0.3) is 66.1 Å². The quantitative estimate of drug-likeness (QED) is 0.167. The molecule has 12 rings (SSSR count). The zero-order chi connectivity index (χ0) is 36.5. The summed E-state index contributed by atoms with van der Waals surface area (Å²) >= 11 is 0. The maximum absolute atomic E-state index is 2.57. The molecule has 0 aliphatic carbocycles. The molecule has 2 aliphatic rings. The van der Waals surface area contributed by atoms with Crippen LogP contribution in [0.2, 0.25) is 0 Å². The summed E-state index contributed by atoms with van der Waals surface area (Å²) in [6, 6.07) is 61.3. The molecule has 0 unspecified atom stereocenters. The van der Waals surface area contributed by atoms with Crippen LogP contribution in [0, 0.1) is 20.8 Å². The van der Waals surface area contributed by atoms with Crippen LogP contribution >= 0.6 is 0 Å². The van der Waals surface area contributed by atoms with Crippen molar-refractivity contribution in [3.8, 4) is 22.5 Å². The summed E-state index contributed by atoms with van der Waals surface area (Å²) in [5.74, 6) is 0. The van der Waals surface area contributed by atoms with E-state index >= 15 is 0 Å². The summed E-state index contributed by atoms with van der Waals surface area (Å²) in [4.78, 5) is 2.46. The van der Waals surface area contributed by atoms with E-state index in [1.165, 1.54) is 116 Å². The highest BCUT2D eigenvalue weighted by Crippen LogP contribution is 2.43. The summed E-state index contributed by atoms with van der Waals surface area (Å²) in [5, 5.41) is 5.14. The van der Waals surface area contributed by atoms with Crippen LogP contribution in [0.5, 0.6) is 0 Å². The van der Waals surface area contributed by atoms with Gasteiger partial charge in [0, 0.05) is 55.5 Å². The lowest BCUT2D eigenvalue weighted by molar-refractivity contribution is 1.16. The monoisotopic (exact) mass is 701 g/mol. The Balaban J connectivity index is 1.14. The van der Waals surface area contributed by atoms with Crippen LogP contribution < -0.4 is 21.3 Å². The molecule has 0 bridgehead atoms. The third kappa shape index (κ3) is 4.11. The number of para-hydroxylation sites is 4. The Morgan fingerprint density at radius 2 is 1.05 bits per heavy atom. The first-order chi connectivity index (χ1) is 27.0. The molecule has 0 saturated heterocycles. The van der Waals surface area contributed by atoms with Gasteiger partial charge in [-0.3, -0.25) is 0 Å². The van der Waals surface area contributed by atoms with Gasteiger partial charge < -0.3 is 14.0 Å². The van der Waals surface area contributed by atoms with E-state index in [0.29, 0.717) is 0 Å². The first-order valence-electron chi connectivity index (χ1n) is 19.3. The topological polar surface area (TPSA) is 13.1 Å². The maximum Gasteiger partial charge on any atom is 0.252 e. The first kappa shape index (κ1) is 30.7. The molecule has 10 aromatic rings. The Morgan fingerprint density at radius 1 is 0.418 bits per heavy atom. The molecular weight excluding hydrogens is 665 g/mol. The van der Waals surface area contributed by atoms with Crippen molar-refractivity contribution < 1.29 is 0 Å². The average Bonchev–Trinajstić information content (AvgIpc) is 3.71. The molecule has 8 aromatic carbocycles. The van der Waals surface area contributed by atoms with E-state index < -0.39 is 0 Å². The summed E-state index contributed by atoms with van der Waals surface area (Å²) in [6.45, 7) is 6.76. The van der Waals surface area contributed by atoms with Crippen LogP contribution in [0.3, 0.4) is 0 Å². The lowest BCUT2D eigenvalue weighted by atomic mass is 9.34. The number of nitrogens with zero attached hydrogens (tertiary/aromatic N) is 3. The Kier molecular flexibility index (Phi) is 6.20. The minimum absolute atomic E-state index is 0.131. The summed E-state index contributed by atoms with van der Waals surface area (Å²) in [5.41, 5.74) is 21.7. The van der Waals surface area contributed by atoms with E-state index in [0.717, 1.165) is 0 Å². The molecule has 0 N–H and O–H groups in total. The number of hydrogen-bond donors (Lipinski definition) is 0. The zero-order valence-electron chi connectivity index (χ0n) is 31.0. The van der Waals surface area contributed by atoms with Gasteiger partial charge in [0.15, 0.2) is 0 Å². The lowest BCUT2D eigenvalue weighted by Crippen LogP contribution is -2.60. The van der Waals surface area contributed by atoms with Gasteiger partial charge in [0.2, 0.25) is 0 Å². The van der Waals surface area contributed by atoms with Crippen molar-refractivity contribution in [2.75, 3.05) is 4.90 Å². The standard InChI is InChI=1S/C51H36BN3/c1-31-27-32(2)49(33(3)28-31)34-23-25-36(26-24-34)53-43-19-9-7-15-37(43)39-29-40-38-16-11-18-42-51(38)55(48(40)30-47(39)53)46-22-12-21-45-50(46)52(42)41-17-8-10-20-44(41)54(45)35-13-5-4-6-14-35/h4-30H,1-3H3. The number of hydrogen-bond acceptors (Lipinski definition) is 1. The largest absolute Gasteiger partial charge is 0.311 e. The van der Waals surface area contributed by atoms with Crippen LogP contribution in [0.4, 0.5) is 17.1 Å². The van der Waals surface area contributed by atoms with Crippen molar-refractivity contribution in [1.29, 1.82) is 0 Å². The molecule has 2 aromatic heterocycles. The second-order valence-corrected chi connectivity index (χ2v) is 15.5. The minimum Gasteiger partial charge on any atom is -0.311 e. The fourth-order valence-corrected chi connectivity index (χ4v) is 10.4. The molecule has 0 saturated carbocycles. The number of fused-ring (bicyclic) bond motifs is 10. The fraction of sp³-hybridized carbons (Fsp3) is 0.0588. The van der Waals surface area contributed by atoms with Gasteiger partial charge >= 0.3 is 0 Å². The Hall–Kier alpha value is -6.78. The summed E-state index contributed by atoms with van der Waals surface area (Å²) in [7, 11) is 0. The second-order valence-electron chi connectivity index (χ2n) is 15.5. The molecule has 0 amide bonds. The molecule has 0 spiro atoms. The van der Waals surface area contributed by atoms with E-state index in [1.807, 2.05) is 0 Å². The van der Waals surface area contributed by atoms with Crippen molar-refractivity contribution in [2.24, 2.45) is 0 Å². The number of aromatic nitrogens is 2. The van der Waals surface area contributed by atoms with Crippen LogP contribution in [0.15, 0.2) is 164 Å². The predicted octanol–water partition coefficient (Wildman–Crippen LogP) is 11.1. The number of anilines is 3. The van der Waals surface area contributed by atoms with Crippen molar-refractivity contribution in [3.05, 3.63) is 180 Å². The smallest absolute Gasteiger partial charge is 0.252 e. The third-order valence-electron chi connectivity index (χ3n) is 12.3.